The van der Waals surface area contributed by atoms with Crippen molar-refractivity contribution in [1.29, 1.82) is 0 Å². The third-order valence-electron chi connectivity index (χ3n) is 4.84. The Kier molecular flexibility index (Phi) is 6.70. The van der Waals surface area contributed by atoms with Crippen LogP contribution in [0.15, 0.2) is 39.9 Å². The van der Waals surface area contributed by atoms with Crippen molar-refractivity contribution < 1.29 is 14.0 Å². The van der Waals surface area contributed by atoms with Gasteiger partial charge in [0.05, 0.1) is 12.2 Å². The van der Waals surface area contributed by atoms with Gasteiger partial charge in [-0.25, -0.2) is 4.98 Å². The molecule has 3 aromatic heterocycles. The van der Waals surface area contributed by atoms with E-state index in [-0.39, 0.29) is 23.3 Å². The number of anilines is 1. The van der Waals surface area contributed by atoms with Crippen molar-refractivity contribution in [1.82, 2.24) is 30.0 Å². The molecule has 3 rings (SSSR count). The lowest BCUT2D eigenvalue weighted by atomic mass is 9.97. The molecule has 0 aliphatic heterocycles. The zero-order valence-corrected chi connectivity index (χ0v) is 19.2. The SMILES string of the molecule is CC(C)[C@H](NC(=O)Cn1c(-c2cccnc2)ncc(N)c1=O)C(=O)c1nnc(C(C)(C)C)o1. The van der Waals surface area contributed by atoms with Crippen LogP contribution in [0.1, 0.15) is 51.2 Å². The monoisotopic (exact) mass is 453 g/mol. The number of nitrogens with one attached hydrogen (secondary N) is 1. The Morgan fingerprint density at radius 1 is 1.21 bits per heavy atom. The van der Waals surface area contributed by atoms with Gasteiger partial charge >= 0.3 is 0 Å². The van der Waals surface area contributed by atoms with Gasteiger partial charge in [0.25, 0.3) is 11.4 Å². The maximum Gasteiger partial charge on any atom is 0.286 e. The molecule has 0 aliphatic rings. The Morgan fingerprint density at radius 2 is 1.94 bits per heavy atom. The van der Waals surface area contributed by atoms with Crippen molar-refractivity contribution in [2.75, 3.05) is 5.73 Å². The Balaban J connectivity index is 1.86. The molecular formula is C22H27N7O4. The summed E-state index contributed by atoms with van der Waals surface area (Å²) in [6, 6.07) is 2.46. The van der Waals surface area contributed by atoms with E-state index in [1.54, 1.807) is 32.2 Å². The highest BCUT2D eigenvalue weighted by molar-refractivity contribution is 5.98. The van der Waals surface area contributed by atoms with E-state index in [0.717, 1.165) is 4.57 Å². The van der Waals surface area contributed by atoms with E-state index >= 15 is 0 Å². The highest BCUT2D eigenvalue weighted by atomic mass is 16.4. The van der Waals surface area contributed by atoms with Crippen molar-refractivity contribution in [2.45, 2.75) is 52.6 Å². The zero-order chi connectivity index (χ0) is 24.3. The van der Waals surface area contributed by atoms with Gasteiger partial charge in [0.1, 0.15) is 18.1 Å². The first-order valence-corrected chi connectivity index (χ1v) is 10.4. The molecule has 0 aromatic carbocycles. The minimum Gasteiger partial charge on any atom is -0.418 e. The average molecular weight is 454 g/mol. The van der Waals surface area contributed by atoms with E-state index in [4.69, 9.17) is 10.2 Å². The summed E-state index contributed by atoms with van der Waals surface area (Å²) in [5.74, 6) is -0.989. The van der Waals surface area contributed by atoms with Crippen LogP contribution >= 0.6 is 0 Å². The number of nitrogen functional groups attached to an aromatic ring is 1. The molecule has 0 saturated heterocycles. The first-order valence-electron chi connectivity index (χ1n) is 10.4. The van der Waals surface area contributed by atoms with Gasteiger partial charge in [0, 0.05) is 23.4 Å². The lowest BCUT2D eigenvalue weighted by Gasteiger charge is -2.20. The molecule has 0 bridgehead atoms. The quantitative estimate of drug-likeness (QED) is 0.506. The van der Waals surface area contributed by atoms with Crippen LogP contribution in [0.25, 0.3) is 11.4 Å². The first kappa shape index (κ1) is 23.8. The molecule has 0 spiro atoms. The van der Waals surface area contributed by atoms with Crippen LogP contribution in [-0.2, 0) is 16.8 Å². The maximum atomic E-state index is 13.0. The van der Waals surface area contributed by atoms with Crippen LogP contribution in [-0.4, -0.2) is 42.5 Å². The summed E-state index contributed by atoms with van der Waals surface area (Å²) >= 11 is 0. The van der Waals surface area contributed by atoms with Crippen LogP contribution in [0, 0.1) is 5.92 Å². The van der Waals surface area contributed by atoms with Crippen LogP contribution in [0.5, 0.6) is 0 Å². The van der Waals surface area contributed by atoms with Crippen LogP contribution in [0.4, 0.5) is 5.69 Å². The fourth-order valence-corrected chi connectivity index (χ4v) is 3.04. The van der Waals surface area contributed by atoms with Gasteiger partial charge in [-0.2, -0.15) is 0 Å². The molecular weight excluding hydrogens is 426 g/mol. The van der Waals surface area contributed by atoms with Crippen molar-refractivity contribution in [3.8, 4) is 11.4 Å². The van der Waals surface area contributed by atoms with Crippen LogP contribution < -0.4 is 16.6 Å². The molecule has 11 nitrogen and oxygen atoms in total. The molecule has 0 unspecified atom stereocenters. The number of nitrogens with zero attached hydrogens (tertiary/aromatic N) is 5. The number of Topliss-reactive ketones (excluding diaryl/α,β-unsaturated/α-hetero) is 1. The van der Waals surface area contributed by atoms with E-state index in [9.17, 15) is 14.4 Å². The number of hydrogen-bond acceptors (Lipinski definition) is 9. The second-order valence-corrected chi connectivity index (χ2v) is 8.99. The number of hydrogen-bond donors (Lipinski definition) is 2. The largest absolute Gasteiger partial charge is 0.418 e. The number of nitrogens with two attached hydrogens (primary N) is 1. The predicted molar refractivity (Wildman–Crippen MR) is 120 cm³/mol. The number of carbonyl (C=O) groups excluding carboxylic acids is 2. The number of rotatable bonds is 7. The highest BCUT2D eigenvalue weighted by Crippen LogP contribution is 2.21. The summed E-state index contributed by atoms with van der Waals surface area (Å²) in [6.45, 7) is 8.81. The standard InChI is InChI=1S/C22H27N7O4/c1-12(2)16(17(31)19-27-28-21(33-19)22(3,4)5)26-15(30)11-29-18(13-7-6-8-24-9-13)25-10-14(23)20(29)32/h6-10,12,16H,11,23H2,1-5H3,(H,26,30)/t16-/m0/s1. The van der Waals surface area contributed by atoms with Gasteiger partial charge in [-0.15, -0.1) is 10.2 Å². The first-order chi connectivity index (χ1) is 15.5. The molecule has 33 heavy (non-hydrogen) atoms. The fraction of sp³-hybridized carbons (Fsp3) is 0.409. The number of aromatic nitrogens is 5. The minimum absolute atomic E-state index is 0.104. The minimum atomic E-state index is -0.933. The van der Waals surface area contributed by atoms with E-state index < -0.39 is 35.3 Å². The maximum absolute atomic E-state index is 13.0. The highest BCUT2D eigenvalue weighted by Gasteiger charge is 2.31. The average Bonchev–Trinajstić information content (AvgIpc) is 3.26. The zero-order valence-electron chi connectivity index (χ0n) is 19.2. The van der Waals surface area contributed by atoms with Gasteiger partial charge in [-0.3, -0.25) is 23.9 Å². The smallest absolute Gasteiger partial charge is 0.286 e. The Bertz CT molecular complexity index is 1210. The van der Waals surface area contributed by atoms with Crippen LogP contribution in [0.2, 0.25) is 0 Å². The second kappa shape index (κ2) is 9.31. The van der Waals surface area contributed by atoms with Crippen molar-refractivity contribution >= 4 is 17.4 Å². The molecule has 3 aromatic rings. The Labute approximate surface area is 190 Å². The lowest BCUT2D eigenvalue weighted by molar-refractivity contribution is -0.122. The van der Waals surface area contributed by atoms with Crippen molar-refractivity contribution in [3.05, 3.63) is 52.9 Å². The van der Waals surface area contributed by atoms with Gasteiger partial charge in [0.15, 0.2) is 0 Å². The molecule has 0 radical (unpaired) electrons. The number of carbonyl (C=O) groups is 2. The fourth-order valence-electron chi connectivity index (χ4n) is 3.04. The number of ketones is 1. The van der Waals surface area contributed by atoms with E-state index in [1.165, 1.54) is 12.4 Å². The normalized spacial score (nSPS) is 12.5. The summed E-state index contributed by atoms with van der Waals surface area (Å²) in [6.07, 6.45) is 4.34. The van der Waals surface area contributed by atoms with E-state index in [1.807, 2.05) is 20.8 Å². The summed E-state index contributed by atoms with van der Waals surface area (Å²) in [4.78, 5) is 46.8. The van der Waals surface area contributed by atoms with Gasteiger partial charge in [-0.05, 0) is 18.1 Å². The van der Waals surface area contributed by atoms with E-state index in [0.29, 0.717) is 11.5 Å². The molecule has 3 heterocycles. The summed E-state index contributed by atoms with van der Waals surface area (Å²) < 4.78 is 6.69. The molecule has 0 aliphatic carbocycles. The Hall–Kier alpha value is -3.89. The molecule has 1 atom stereocenters. The Morgan fingerprint density at radius 3 is 2.52 bits per heavy atom. The molecule has 0 fully saturated rings. The molecule has 3 N–H and O–H groups in total. The number of amides is 1. The van der Waals surface area contributed by atoms with E-state index in [2.05, 4.69) is 25.5 Å². The summed E-state index contributed by atoms with van der Waals surface area (Å²) in [5, 5.41) is 10.5. The van der Waals surface area contributed by atoms with Crippen molar-refractivity contribution in [3.63, 3.8) is 0 Å². The third-order valence-corrected chi connectivity index (χ3v) is 4.84. The van der Waals surface area contributed by atoms with Crippen molar-refractivity contribution in [2.24, 2.45) is 5.92 Å². The topological polar surface area (TPSA) is 159 Å². The van der Waals surface area contributed by atoms with Gasteiger partial charge in [0.2, 0.25) is 17.6 Å². The van der Waals surface area contributed by atoms with Gasteiger partial charge in [-0.1, -0.05) is 34.6 Å². The predicted octanol–water partition coefficient (Wildman–Crippen LogP) is 1.59. The second-order valence-electron chi connectivity index (χ2n) is 8.99. The third kappa shape index (κ3) is 5.30. The van der Waals surface area contributed by atoms with Crippen LogP contribution in [0.3, 0.4) is 0 Å². The lowest BCUT2D eigenvalue weighted by Crippen LogP contribution is -2.46. The summed E-state index contributed by atoms with van der Waals surface area (Å²) in [7, 11) is 0. The molecule has 11 heteroatoms. The number of pyridine rings is 1. The molecule has 1 amide bonds. The molecule has 174 valence electrons. The van der Waals surface area contributed by atoms with Gasteiger partial charge < -0.3 is 15.5 Å². The molecule has 0 saturated carbocycles. The summed E-state index contributed by atoms with van der Waals surface area (Å²) in [5.41, 5.74) is 5.17.